The van der Waals surface area contributed by atoms with Gasteiger partial charge in [0.25, 0.3) is 11.5 Å². The summed E-state index contributed by atoms with van der Waals surface area (Å²) in [5.74, 6) is 1.43. The highest BCUT2D eigenvalue weighted by atomic mass is 16.5. The second kappa shape index (κ2) is 8.40. The maximum absolute atomic E-state index is 12.8. The van der Waals surface area contributed by atoms with Gasteiger partial charge in [0.15, 0.2) is 5.76 Å². The SMILES string of the molecule is CCN(Cc1ccc(OC)cc1)C(=O)c1ccc(Cn2ccccc2=O)o1. The van der Waals surface area contributed by atoms with Gasteiger partial charge in [-0.2, -0.15) is 0 Å². The zero-order valence-corrected chi connectivity index (χ0v) is 15.4. The van der Waals surface area contributed by atoms with Gasteiger partial charge in [0.1, 0.15) is 11.5 Å². The summed E-state index contributed by atoms with van der Waals surface area (Å²) in [6.45, 7) is 3.25. The van der Waals surface area contributed by atoms with Crippen molar-refractivity contribution in [3.05, 3.63) is 88.2 Å². The van der Waals surface area contributed by atoms with E-state index in [0.29, 0.717) is 18.8 Å². The molecule has 0 radical (unpaired) electrons. The van der Waals surface area contributed by atoms with Crippen molar-refractivity contribution in [1.82, 2.24) is 9.47 Å². The lowest BCUT2D eigenvalue weighted by Gasteiger charge is -2.20. The first-order valence-corrected chi connectivity index (χ1v) is 8.77. The molecule has 0 saturated carbocycles. The molecule has 3 rings (SSSR count). The van der Waals surface area contributed by atoms with Crippen LogP contribution in [0.15, 0.2) is 70.0 Å². The number of aromatic nitrogens is 1. The Kier molecular flexibility index (Phi) is 5.76. The van der Waals surface area contributed by atoms with Crippen LogP contribution >= 0.6 is 0 Å². The number of ether oxygens (including phenoxy) is 1. The average Bonchev–Trinajstić information content (AvgIpc) is 3.16. The molecule has 2 aromatic heterocycles. The van der Waals surface area contributed by atoms with Crippen LogP contribution in [0.2, 0.25) is 0 Å². The van der Waals surface area contributed by atoms with Gasteiger partial charge < -0.3 is 18.6 Å². The molecule has 3 aromatic rings. The van der Waals surface area contributed by atoms with Gasteiger partial charge in [0.05, 0.1) is 13.7 Å². The molecule has 0 spiro atoms. The van der Waals surface area contributed by atoms with E-state index in [1.807, 2.05) is 31.2 Å². The maximum Gasteiger partial charge on any atom is 0.289 e. The smallest absolute Gasteiger partial charge is 0.289 e. The van der Waals surface area contributed by atoms with Crippen molar-refractivity contribution in [3.63, 3.8) is 0 Å². The van der Waals surface area contributed by atoms with Gasteiger partial charge in [-0.1, -0.05) is 18.2 Å². The van der Waals surface area contributed by atoms with Gasteiger partial charge in [-0.05, 0) is 42.8 Å². The fourth-order valence-electron chi connectivity index (χ4n) is 2.77. The molecule has 0 N–H and O–H groups in total. The van der Waals surface area contributed by atoms with Crippen LogP contribution < -0.4 is 10.3 Å². The van der Waals surface area contributed by atoms with Gasteiger partial charge in [0.2, 0.25) is 0 Å². The first-order valence-electron chi connectivity index (χ1n) is 8.77. The lowest BCUT2D eigenvalue weighted by Crippen LogP contribution is -2.30. The third-order valence-corrected chi connectivity index (χ3v) is 4.30. The molecular weight excluding hydrogens is 344 g/mol. The highest BCUT2D eigenvalue weighted by Gasteiger charge is 2.18. The fraction of sp³-hybridized carbons (Fsp3) is 0.238. The Morgan fingerprint density at radius 2 is 1.89 bits per heavy atom. The number of hydrogen-bond donors (Lipinski definition) is 0. The molecule has 0 aliphatic rings. The Bertz CT molecular complexity index is 957. The number of pyridine rings is 1. The van der Waals surface area contributed by atoms with Gasteiger partial charge in [-0.3, -0.25) is 9.59 Å². The number of hydrogen-bond acceptors (Lipinski definition) is 4. The molecule has 2 heterocycles. The quantitative estimate of drug-likeness (QED) is 0.644. The number of nitrogens with zero attached hydrogens (tertiary/aromatic N) is 2. The number of carbonyl (C=O) groups excluding carboxylic acids is 1. The number of carbonyl (C=O) groups is 1. The first-order chi connectivity index (χ1) is 13.1. The van der Waals surface area contributed by atoms with Crippen LogP contribution in [-0.4, -0.2) is 29.0 Å². The maximum atomic E-state index is 12.8. The molecule has 0 aliphatic heterocycles. The first kappa shape index (κ1) is 18.5. The third-order valence-electron chi connectivity index (χ3n) is 4.30. The Hall–Kier alpha value is -3.28. The van der Waals surface area contributed by atoms with E-state index in [-0.39, 0.29) is 23.8 Å². The standard InChI is InChI=1S/C21H22N2O4/c1-3-22(14-16-7-9-17(26-2)10-8-16)21(25)19-12-11-18(27-19)15-23-13-5-4-6-20(23)24/h4-13H,3,14-15H2,1-2H3. The highest BCUT2D eigenvalue weighted by molar-refractivity contribution is 5.91. The van der Waals surface area contributed by atoms with Crippen LogP contribution in [0.4, 0.5) is 0 Å². The summed E-state index contributed by atoms with van der Waals surface area (Å²) in [7, 11) is 1.62. The summed E-state index contributed by atoms with van der Waals surface area (Å²) in [5.41, 5.74) is 0.894. The molecule has 0 saturated heterocycles. The van der Waals surface area contributed by atoms with Gasteiger partial charge in [-0.15, -0.1) is 0 Å². The monoisotopic (exact) mass is 366 g/mol. The van der Waals surface area contributed by atoms with Crippen molar-refractivity contribution in [2.24, 2.45) is 0 Å². The lowest BCUT2D eigenvalue weighted by atomic mass is 10.2. The zero-order valence-electron chi connectivity index (χ0n) is 15.4. The van der Waals surface area contributed by atoms with E-state index in [4.69, 9.17) is 9.15 Å². The molecule has 6 heteroatoms. The van der Waals surface area contributed by atoms with E-state index in [1.165, 1.54) is 10.6 Å². The summed E-state index contributed by atoms with van der Waals surface area (Å²) < 4.78 is 12.4. The van der Waals surface area contributed by atoms with Crippen molar-refractivity contribution in [2.75, 3.05) is 13.7 Å². The van der Waals surface area contributed by atoms with E-state index in [2.05, 4.69) is 0 Å². The predicted octanol–water partition coefficient (Wildman–Crippen LogP) is 3.16. The molecule has 0 unspecified atom stereocenters. The number of benzene rings is 1. The molecule has 1 amide bonds. The summed E-state index contributed by atoms with van der Waals surface area (Å²) in [4.78, 5) is 26.3. The second-order valence-corrected chi connectivity index (χ2v) is 6.10. The van der Waals surface area contributed by atoms with Crippen molar-refractivity contribution in [2.45, 2.75) is 20.0 Å². The largest absolute Gasteiger partial charge is 0.497 e. The van der Waals surface area contributed by atoms with Crippen LogP contribution in [0, 0.1) is 0 Å². The fourth-order valence-corrected chi connectivity index (χ4v) is 2.77. The molecule has 0 bridgehead atoms. The predicted molar refractivity (Wildman–Crippen MR) is 102 cm³/mol. The Labute approximate surface area is 157 Å². The van der Waals surface area contributed by atoms with E-state index in [9.17, 15) is 9.59 Å². The van der Waals surface area contributed by atoms with Crippen LogP contribution in [0.25, 0.3) is 0 Å². The van der Waals surface area contributed by atoms with Crippen molar-refractivity contribution in [1.29, 1.82) is 0 Å². The summed E-state index contributed by atoms with van der Waals surface area (Å²) in [5, 5.41) is 0. The molecule has 0 fully saturated rings. The normalized spacial score (nSPS) is 10.6. The second-order valence-electron chi connectivity index (χ2n) is 6.10. The highest BCUT2D eigenvalue weighted by Crippen LogP contribution is 2.16. The van der Waals surface area contributed by atoms with Crippen molar-refractivity contribution >= 4 is 5.91 Å². The van der Waals surface area contributed by atoms with Crippen LogP contribution in [0.5, 0.6) is 5.75 Å². The van der Waals surface area contributed by atoms with Crippen molar-refractivity contribution in [3.8, 4) is 5.75 Å². The molecule has 6 nitrogen and oxygen atoms in total. The van der Waals surface area contributed by atoms with Gasteiger partial charge in [-0.25, -0.2) is 0 Å². The lowest BCUT2D eigenvalue weighted by molar-refractivity contribution is 0.0718. The van der Waals surface area contributed by atoms with Crippen LogP contribution in [0.3, 0.4) is 0 Å². The molecule has 0 atom stereocenters. The average molecular weight is 366 g/mol. The molecule has 0 aliphatic carbocycles. The van der Waals surface area contributed by atoms with E-state index < -0.39 is 0 Å². The minimum Gasteiger partial charge on any atom is -0.497 e. The summed E-state index contributed by atoms with van der Waals surface area (Å²) >= 11 is 0. The van der Waals surface area contributed by atoms with Gasteiger partial charge in [0, 0.05) is 25.4 Å². The van der Waals surface area contributed by atoms with E-state index >= 15 is 0 Å². The number of furan rings is 1. The summed E-state index contributed by atoms with van der Waals surface area (Å²) in [6, 6.07) is 16.0. The molecule has 27 heavy (non-hydrogen) atoms. The number of rotatable bonds is 7. The zero-order chi connectivity index (χ0) is 19.2. The third kappa shape index (κ3) is 4.47. The Morgan fingerprint density at radius 3 is 2.56 bits per heavy atom. The Morgan fingerprint density at radius 1 is 1.11 bits per heavy atom. The minimum atomic E-state index is -0.181. The van der Waals surface area contributed by atoms with E-state index in [1.54, 1.807) is 42.5 Å². The molecule has 140 valence electrons. The van der Waals surface area contributed by atoms with E-state index in [0.717, 1.165) is 11.3 Å². The molecule has 1 aromatic carbocycles. The molecular formula is C21H22N2O4. The van der Waals surface area contributed by atoms with Crippen molar-refractivity contribution < 1.29 is 13.9 Å². The topological polar surface area (TPSA) is 64.7 Å². The summed E-state index contributed by atoms with van der Waals surface area (Å²) in [6.07, 6.45) is 1.69. The number of amides is 1. The van der Waals surface area contributed by atoms with Crippen LogP contribution in [-0.2, 0) is 13.1 Å². The van der Waals surface area contributed by atoms with Crippen LogP contribution in [0.1, 0.15) is 28.8 Å². The van der Waals surface area contributed by atoms with Gasteiger partial charge >= 0.3 is 0 Å². The number of methoxy groups -OCH3 is 1. The minimum absolute atomic E-state index is 0.114. The Balaban J connectivity index is 1.71.